The summed E-state index contributed by atoms with van der Waals surface area (Å²) in [5.41, 5.74) is 15.5. The molecular formula is C94H107Cl2N23O12. The van der Waals surface area contributed by atoms with Crippen LogP contribution in [0.4, 0.5) is 46.2 Å². The number of carbonyl (C=O) groups excluding carboxylic acids is 1. The number of nitrogens with one attached hydrogen (secondary N) is 4. The number of hydrogen-bond acceptors (Lipinski definition) is 34. The number of pyridine rings is 1. The number of aromatic hydroxyl groups is 1. The number of fused-ring (bicyclic) bond motifs is 6. The first-order chi connectivity index (χ1) is 64.5. The average molecular weight is 1820 g/mol. The molecule has 8 aromatic heterocycles. The quantitative estimate of drug-likeness (QED) is 0.0349. The lowest BCUT2D eigenvalue weighted by Gasteiger charge is -2.31. The first-order valence-electron chi connectivity index (χ1n) is 45.7. The number of amides is 1. The summed E-state index contributed by atoms with van der Waals surface area (Å²) >= 11 is 12.4. The predicted molar refractivity (Wildman–Crippen MR) is 495 cm³/mol. The van der Waals surface area contributed by atoms with Gasteiger partial charge in [-0.05, 0) is 151 Å². The normalized spacial score (nSPS) is 22.1. The highest BCUT2D eigenvalue weighted by Crippen LogP contribution is 2.41. The fourth-order valence-corrected chi connectivity index (χ4v) is 18.9. The summed E-state index contributed by atoms with van der Waals surface area (Å²) in [6.07, 6.45) is 35.0. The Balaban J connectivity index is 0.000000113. The minimum Gasteiger partial charge on any atom is -0.505 e. The minimum atomic E-state index is -0.000708. The second kappa shape index (κ2) is 42.5. The smallest absolute Gasteiger partial charge is 0.227 e. The monoisotopic (exact) mass is 1820 g/mol. The van der Waals surface area contributed by atoms with E-state index in [1.54, 1.807) is 74.1 Å². The molecule has 12 aromatic rings. The van der Waals surface area contributed by atoms with Crippen LogP contribution < -0.4 is 59.8 Å². The zero-order valence-corrected chi connectivity index (χ0v) is 74.5. The van der Waals surface area contributed by atoms with Gasteiger partial charge in [-0.25, -0.2) is 49.8 Å². The zero-order valence-electron chi connectivity index (χ0n) is 73.0. The molecule has 4 aromatic carbocycles. The number of hydrogen-bond donors (Lipinski definition) is 5. The van der Waals surface area contributed by atoms with E-state index in [2.05, 4.69) is 164 Å². The Labute approximate surface area is 767 Å². The van der Waals surface area contributed by atoms with Crippen molar-refractivity contribution in [1.29, 1.82) is 0 Å². The second-order valence-corrected chi connectivity index (χ2v) is 34.9. The molecule has 0 atom stereocenters. The molecule has 4 saturated heterocycles. The Morgan fingerprint density at radius 2 is 0.718 bits per heavy atom. The molecule has 37 heteroatoms. The lowest BCUT2D eigenvalue weighted by atomic mass is 9.86. The topological polar surface area (TPSA) is 384 Å². The van der Waals surface area contributed by atoms with Crippen molar-refractivity contribution in [2.75, 3.05) is 146 Å². The van der Waals surface area contributed by atoms with E-state index in [1.165, 1.54) is 12.4 Å². The molecule has 0 radical (unpaired) electrons. The van der Waals surface area contributed by atoms with Crippen molar-refractivity contribution in [1.82, 2.24) is 74.8 Å². The third-order valence-electron chi connectivity index (χ3n) is 25.5. The van der Waals surface area contributed by atoms with Crippen LogP contribution in [0, 0.1) is 5.92 Å². The standard InChI is InChI=1S/2C24H27ClN6O3.C24H27N5O3.C22H26N6O3/c25-24-29-20-14-33-13-18(20)23(30-24)28-15-1-3-17(4-2-15)34-21-12-16(31-7-9-32-10-8-31)11-19-22(21)27-6-5-26-19;25-23-18-13-33-14-20(18)29-24(30-23)28-15-1-3-17(4-2-15)34-21-12-16(31-7-9-32-10-8-31)11-19-22(21)27-6-5-26-19;30-24(28-18-5-7-25-8-6-18)17-1-3-20(4-2-17)32-22-16-19(29-11-13-31-14-12-29)15-21-23(22)27-10-9-26-21;29-17-13-25-22(26-14-17)27-15-1-3-18(4-2-15)31-20-12-16(28-7-9-30-10-8-28)11-19-21(20)24-6-5-23-19/h2*5-6,11-12,15,17H,1-4,7-10,13-14H2,(H,28,29,30);5-10,15-17,20H,1-4,11-14H2,(H,25,28,30);5-6,11-15,18,29H,1-4,7-10H2,(H,25,26,27). The van der Waals surface area contributed by atoms with Crippen molar-refractivity contribution in [2.24, 2.45) is 5.92 Å². The highest BCUT2D eigenvalue weighted by molar-refractivity contribution is 6.30. The van der Waals surface area contributed by atoms with Crippen LogP contribution in [-0.4, -0.2) is 234 Å². The molecule has 0 bridgehead atoms. The Morgan fingerprint density at radius 3 is 1.11 bits per heavy atom. The van der Waals surface area contributed by atoms with Crippen molar-refractivity contribution < 1.29 is 57.3 Å². The zero-order chi connectivity index (χ0) is 88.6. The molecule has 131 heavy (non-hydrogen) atoms. The van der Waals surface area contributed by atoms with Crippen molar-refractivity contribution in [3.8, 4) is 28.7 Å². The second-order valence-electron chi connectivity index (χ2n) is 34.2. The van der Waals surface area contributed by atoms with Gasteiger partial charge in [-0.2, -0.15) is 0 Å². The van der Waals surface area contributed by atoms with Gasteiger partial charge in [-0.15, -0.1) is 0 Å². The summed E-state index contributed by atoms with van der Waals surface area (Å²) in [4.78, 5) is 88.1. The summed E-state index contributed by atoms with van der Waals surface area (Å²) in [7, 11) is 0. The van der Waals surface area contributed by atoms with Gasteiger partial charge in [0.2, 0.25) is 23.1 Å². The maximum absolute atomic E-state index is 12.6. The van der Waals surface area contributed by atoms with Gasteiger partial charge in [0.1, 0.15) is 56.0 Å². The van der Waals surface area contributed by atoms with Gasteiger partial charge >= 0.3 is 0 Å². The van der Waals surface area contributed by atoms with Crippen LogP contribution in [0.25, 0.3) is 44.1 Å². The molecule has 8 fully saturated rings. The van der Waals surface area contributed by atoms with Crippen molar-refractivity contribution >= 4 is 119 Å². The van der Waals surface area contributed by atoms with Gasteiger partial charge in [0, 0.05) is 202 Å². The molecule has 10 aliphatic rings. The molecule has 6 aliphatic heterocycles. The number of aromatic nitrogens is 15. The van der Waals surface area contributed by atoms with E-state index in [1.807, 2.05) is 0 Å². The molecular weight excluding hydrogens is 1710 g/mol. The lowest BCUT2D eigenvalue weighted by molar-refractivity contribution is -0.121. The van der Waals surface area contributed by atoms with Gasteiger partial charge in [-0.3, -0.25) is 29.7 Å². The van der Waals surface area contributed by atoms with Crippen LogP contribution in [-0.2, 0) is 59.6 Å². The van der Waals surface area contributed by atoms with E-state index in [-0.39, 0.29) is 53.3 Å². The van der Waals surface area contributed by atoms with Gasteiger partial charge in [0.05, 0.1) is 150 Å². The van der Waals surface area contributed by atoms with Crippen LogP contribution in [0.2, 0.25) is 10.4 Å². The summed E-state index contributed by atoms with van der Waals surface area (Å²) in [5, 5.41) is 23.4. The van der Waals surface area contributed by atoms with Crippen LogP contribution >= 0.6 is 23.2 Å². The SMILES string of the molecule is Clc1nc(NC2CCC(Oc3cc(N4CCOCC4)cc4nccnc34)CC2)nc2c1COC2.Clc1nc2c(c(NC3CCC(Oc4cc(N5CCOCC5)cc5nccnc45)CC3)n1)COC2.O=C(Nc1ccncc1)C1CCC(Oc2cc(N3CCOCC3)cc3nccnc23)CC1.Oc1cnc(NC2CCC(Oc3cc(N4CCOCC4)cc4nccnc34)CC2)nc1. The largest absolute Gasteiger partial charge is 0.505 e. The molecule has 35 nitrogen and oxygen atoms in total. The van der Waals surface area contributed by atoms with Crippen molar-refractivity contribution in [3.63, 3.8) is 0 Å². The Hall–Kier alpha value is -12.0. The molecule has 4 aliphatic carbocycles. The number of rotatable bonds is 20. The Morgan fingerprint density at radius 1 is 0.366 bits per heavy atom. The molecule has 1 amide bonds. The fourth-order valence-electron chi connectivity index (χ4n) is 18.5. The van der Waals surface area contributed by atoms with Gasteiger partial charge < -0.3 is 93.3 Å². The Bertz CT molecular complexity index is 5860. The summed E-state index contributed by atoms with van der Waals surface area (Å²) in [5.74, 6) is 5.23. The van der Waals surface area contributed by atoms with E-state index >= 15 is 0 Å². The average Bonchev–Trinajstić information content (AvgIpc) is 1.69. The summed E-state index contributed by atoms with van der Waals surface area (Å²) in [6, 6.07) is 21.2. The first-order valence-corrected chi connectivity index (χ1v) is 46.5. The summed E-state index contributed by atoms with van der Waals surface area (Å²) in [6.45, 7) is 14.7. The molecule has 22 rings (SSSR count). The summed E-state index contributed by atoms with van der Waals surface area (Å²) < 4.78 is 58.9. The number of nitrogens with zero attached hydrogens (tertiary/aromatic N) is 19. The highest BCUT2D eigenvalue weighted by atomic mass is 35.5. The van der Waals surface area contributed by atoms with E-state index in [4.69, 9.17) is 70.6 Å². The molecule has 684 valence electrons. The van der Waals surface area contributed by atoms with Gasteiger partial charge in [0.25, 0.3) is 0 Å². The van der Waals surface area contributed by atoms with Crippen LogP contribution in [0.5, 0.6) is 28.7 Å². The van der Waals surface area contributed by atoms with Crippen LogP contribution in [0.15, 0.2) is 135 Å². The number of benzene rings is 4. The molecule has 0 spiro atoms. The lowest BCUT2D eigenvalue weighted by Crippen LogP contribution is -2.36. The third-order valence-corrected chi connectivity index (χ3v) is 26.0. The number of halogens is 2. The van der Waals surface area contributed by atoms with Crippen LogP contribution in [0.3, 0.4) is 0 Å². The van der Waals surface area contributed by atoms with Crippen molar-refractivity contribution in [2.45, 2.75) is 172 Å². The van der Waals surface area contributed by atoms with Gasteiger partial charge in [-0.1, -0.05) is 11.6 Å². The first kappa shape index (κ1) is 88.3. The van der Waals surface area contributed by atoms with Crippen LogP contribution in [0.1, 0.15) is 125 Å². The van der Waals surface area contributed by atoms with Gasteiger partial charge in [0.15, 0.2) is 5.75 Å². The van der Waals surface area contributed by atoms with E-state index in [9.17, 15) is 9.90 Å². The van der Waals surface area contributed by atoms with E-state index in [0.29, 0.717) is 55.6 Å². The number of ether oxygens (including phenoxy) is 10. The third kappa shape index (κ3) is 22.5. The van der Waals surface area contributed by atoms with E-state index in [0.717, 1.165) is 332 Å². The molecule has 4 saturated carbocycles. The number of anilines is 8. The fraction of sp³-hybridized carbons (Fsp3) is 0.468. The maximum Gasteiger partial charge on any atom is 0.227 e. The minimum absolute atomic E-state index is 0.000708. The molecule has 0 unspecified atom stereocenters. The van der Waals surface area contributed by atoms with E-state index < -0.39 is 0 Å². The molecule has 14 heterocycles. The maximum atomic E-state index is 12.6. The number of carbonyl (C=O) groups is 1. The highest BCUT2D eigenvalue weighted by Gasteiger charge is 2.34. The number of morpholine rings is 4. The molecule has 5 N–H and O–H groups in total. The predicted octanol–water partition coefficient (Wildman–Crippen LogP) is 13.7. The Kier molecular flexibility index (Phi) is 28.7. The van der Waals surface area contributed by atoms with Crippen molar-refractivity contribution in [3.05, 3.63) is 168 Å².